The molecule has 0 aliphatic rings. The third-order valence-electron chi connectivity index (χ3n) is 1.84. The maximum absolute atomic E-state index is 3.76. The molecule has 0 heterocycles. The Morgan fingerprint density at radius 1 is 1.33 bits per heavy atom. The smallest absolute Gasteiger partial charge is 0.0279 e. The normalized spacial score (nSPS) is 11.8. The summed E-state index contributed by atoms with van der Waals surface area (Å²) in [6, 6.07) is 0. The third-order valence-corrected chi connectivity index (χ3v) is 1.84. The molecule has 0 saturated carbocycles. The van der Waals surface area contributed by atoms with Crippen molar-refractivity contribution < 1.29 is 0 Å². The van der Waals surface area contributed by atoms with Gasteiger partial charge in [-0.05, 0) is 24.3 Å². The minimum Gasteiger partial charge on any atom is -0.0991 e. The molecule has 12 heavy (non-hydrogen) atoms. The van der Waals surface area contributed by atoms with Crippen LogP contribution in [0.5, 0.6) is 0 Å². The zero-order chi connectivity index (χ0) is 9.40. The monoisotopic (exact) mass is 164 g/mol. The topological polar surface area (TPSA) is 0 Å². The van der Waals surface area contributed by atoms with Gasteiger partial charge in [0.2, 0.25) is 0 Å². The van der Waals surface area contributed by atoms with Crippen molar-refractivity contribution in [3.05, 3.63) is 37.0 Å². The molecule has 0 aromatic heterocycles. The average Bonchev–Trinajstić information content (AvgIpc) is 2.02. The molecule has 0 unspecified atom stereocenters. The van der Waals surface area contributed by atoms with Gasteiger partial charge in [0.05, 0.1) is 0 Å². The van der Waals surface area contributed by atoms with E-state index in [1.54, 1.807) is 0 Å². The van der Waals surface area contributed by atoms with Gasteiger partial charge in [-0.2, -0.15) is 0 Å². The summed E-state index contributed by atoms with van der Waals surface area (Å²) in [6.07, 6.45) is 9.46. The van der Waals surface area contributed by atoms with Gasteiger partial charge in [-0.3, -0.25) is 0 Å². The Hall–Kier alpha value is -0.780. The Morgan fingerprint density at radius 3 is 2.42 bits per heavy atom. The predicted octanol–water partition coefficient (Wildman–Crippen LogP) is 4.11. The van der Waals surface area contributed by atoms with E-state index in [4.69, 9.17) is 0 Å². The van der Waals surface area contributed by atoms with Crippen LogP contribution in [0.25, 0.3) is 0 Å². The van der Waals surface area contributed by atoms with Crippen LogP contribution < -0.4 is 0 Å². The van der Waals surface area contributed by atoms with Gasteiger partial charge in [0.1, 0.15) is 0 Å². The van der Waals surface area contributed by atoms with Crippen LogP contribution in [0.2, 0.25) is 0 Å². The molecule has 0 bridgehead atoms. The summed E-state index contributed by atoms with van der Waals surface area (Å²) >= 11 is 0. The van der Waals surface area contributed by atoms with Crippen molar-refractivity contribution in [2.45, 2.75) is 33.1 Å². The molecule has 0 atom stereocenters. The van der Waals surface area contributed by atoms with E-state index in [0.29, 0.717) is 0 Å². The molecule has 0 nitrogen and oxygen atoms in total. The standard InChI is InChI=1S/C12H20/c1-5-8-12(6-2)10-7-9-11(3)4/h5-6,8,11H,1-2,7,9-10H2,3-4H3/b12-8+. The first-order valence-electron chi connectivity index (χ1n) is 4.64. The van der Waals surface area contributed by atoms with Gasteiger partial charge in [0.25, 0.3) is 0 Å². The van der Waals surface area contributed by atoms with E-state index in [2.05, 4.69) is 27.0 Å². The first-order chi connectivity index (χ1) is 5.70. The lowest BCUT2D eigenvalue weighted by Gasteiger charge is -2.04. The molecule has 0 fully saturated rings. The van der Waals surface area contributed by atoms with Crippen LogP contribution in [0, 0.1) is 5.92 Å². The van der Waals surface area contributed by atoms with Crippen LogP contribution in [0.3, 0.4) is 0 Å². The van der Waals surface area contributed by atoms with Crippen LogP contribution in [0.1, 0.15) is 33.1 Å². The fourth-order valence-corrected chi connectivity index (χ4v) is 1.12. The fraction of sp³-hybridized carbons (Fsp3) is 0.500. The second-order valence-corrected chi connectivity index (χ2v) is 3.47. The summed E-state index contributed by atoms with van der Waals surface area (Å²) in [5.41, 5.74) is 1.30. The van der Waals surface area contributed by atoms with Crippen LogP contribution in [0.15, 0.2) is 37.0 Å². The lowest BCUT2D eigenvalue weighted by atomic mass is 10.0. The van der Waals surface area contributed by atoms with E-state index in [1.165, 1.54) is 18.4 Å². The van der Waals surface area contributed by atoms with Crippen LogP contribution in [-0.2, 0) is 0 Å². The maximum atomic E-state index is 3.76. The van der Waals surface area contributed by atoms with Gasteiger partial charge in [0.15, 0.2) is 0 Å². The van der Waals surface area contributed by atoms with Crippen molar-refractivity contribution in [3.63, 3.8) is 0 Å². The molecule has 0 amide bonds. The quantitative estimate of drug-likeness (QED) is 0.518. The van der Waals surface area contributed by atoms with Gasteiger partial charge in [-0.15, -0.1) is 0 Å². The average molecular weight is 164 g/mol. The fourth-order valence-electron chi connectivity index (χ4n) is 1.12. The van der Waals surface area contributed by atoms with E-state index < -0.39 is 0 Å². The van der Waals surface area contributed by atoms with Crippen molar-refractivity contribution in [1.29, 1.82) is 0 Å². The summed E-state index contributed by atoms with van der Waals surface area (Å²) in [4.78, 5) is 0. The molecule has 0 radical (unpaired) electrons. The predicted molar refractivity (Wildman–Crippen MR) is 57.2 cm³/mol. The third kappa shape index (κ3) is 5.96. The van der Waals surface area contributed by atoms with Gasteiger partial charge in [-0.25, -0.2) is 0 Å². The summed E-state index contributed by atoms with van der Waals surface area (Å²) in [7, 11) is 0. The zero-order valence-corrected chi connectivity index (χ0v) is 8.34. The van der Waals surface area contributed by atoms with E-state index in [-0.39, 0.29) is 0 Å². The highest BCUT2D eigenvalue weighted by molar-refractivity contribution is 5.20. The summed E-state index contributed by atoms with van der Waals surface area (Å²) < 4.78 is 0. The van der Waals surface area contributed by atoms with E-state index >= 15 is 0 Å². The lowest BCUT2D eigenvalue weighted by molar-refractivity contribution is 0.556. The highest BCUT2D eigenvalue weighted by atomic mass is 14.0. The van der Waals surface area contributed by atoms with E-state index in [0.717, 1.165) is 12.3 Å². The van der Waals surface area contributed by atoms with E-state index in [1.807, 2.05) is 18.2 Å². The first-order valence-corrected chi connectivity index (χ1v) is 4.64. The molecule has 0 spiro atoms. The SMILES string of the molecule is C=C/C=C(\C=C)CCCC(C)C. The molecule has 0 rings (SSSR count). The highest BCUT2D eigenvalue weighted by Crippen LogP contribution is 2.12. The molecule has 0 N–H and O–H groups in total. The molecule has 0 aromatic rings. The zero-order valence-electron chi connectivity index (χ0n) is 8.34. The number of allylic oxidation sites excluding steroid dienone is 4. The second kappa shape index (κ2) is 6.90. The number of hydrogen-bond acceptors (Lipinski definition) is 0. The van der Waals surface area contributed by atoms with Crippen molar-refractivity contribution >= 4 is 0 Å². The minimum absolute atomic E-state index is 0.805. The number of rotatable bonds is 6. The molecule has 0 aliphatic carbocycles. The molecule has 0 heteroatoms. The Bertz CT molecular complexity index is 161. The maximum Gasteiger partial charge on any atom is -0.0279 e. The molecular formula is C12H20. The largest absolute Gasteiger partial charge is 0.0991 e. The summed E-state index contributed by atoms with van der Waals surface area (Å²) in [6.45, 7) is 11.9. The summed E-state index contributed by atoms with van der Waals surface area (Å²) in [5, 5.41) is 0. The van der Waals surface area contributed by atoms with Crippen LogP contribution in [0.4, 0.5) is 0 Å². The van der Waals surface area contributed by atoms with Crippen molar-refractivity contribution in [2.75, 3.05) is 0 Å². The summed E-state index contributed by atoms with van der Waals surface area (Å²) in [5.74, 6) is 0.805. The van der Waals surface area contributed by atoms with Gasteiger partial charge in [0, 0.05) is 0 Å². The molecule has 0 aliphatic heterocycles. The van der Waals surface area contributed by atoms with Gasteiger partial charge < -0.3 is 0 Å². The Balaban J connectivity index is 3.66. The molecule has 68 valence electrons. The van der Waals surface area contributed by atoms with Gasteiger partial charge >= 0.3 is 0 Å². The van der Waals surface area contributed by atoms with Crippen molar-refractivity contribution in [2.24, 2.45) is 5.92 Å². The lowest BCUT2D eigenvalue weighted by Crippen LogP contribution is -1.87. The molecule has 0 saturated heterocycles. The minimum atomic E-state index is 0.805. The van der Waals surface area contributed by atoms with E-state index in [9.17, 15) is 0 Å². The Labute approximate surface area is 76.7 Å². The highest BCUT2D eigenvalue weighted by Gasteiger charge is 1.95. The van der Waals surface area contributed by atoms with Crippen molar-refractivity contribution in [1.82, 2.24) is 0 Å². The molecular weight excluding hydrogens is 144 g/mol. The first kappa shape index (κ1) is 11.2. The van der Waals surface area contributed by atoms with Gasteiger partial charge in [-0.1, -0.05) is 51.7 Å². The second-order valence-electron chi connectivity index (χ2n) is 3.47. The molecule has 0 aromatic carbocycles. The van der Waals surface area contributed by atoms with Crippen LogP contribution in [-0.4, -0.2) is 0 Å². The van der Waals surface area contributed by atoms with Crippen LogP contribution >= 0.6 is 0 Å². The van der Waals surface area contributed by atoms with Crippen molar-refractivity contribution in [3.8, 4) is 0 Å². The Kier molecular flexibility index (Phi) is 6.45. The Morgan fingerprint density at radius 2 is 2.00 bits per heavy atom. The number of hydrogen-bond donors (Lipinski definition) is 0.